The van der Waals surface area contributed by atoms with E-state index in [1.54, 1.807) is 6.92 Å². The zero-order valence-corrected chi connectivity index (χ0v) is 8.76. The first-order valence-corrected chi connectivity index (χ1v) is 5.11. The number of carbonyl (C=O) groups excluding carboxylic acids is 1. The first-order valence-electron chi connectivity index (χ1n) is 5.11. The molecule has 0 aromatic rings. The first-order chi connectivity index (χ1) is 6.08. The number of carbonyl (C=O) groups is 1. The quantitative estimate of drug-likeness (QED) is 0.688. The third kappa shape index (κ3) is 3.77. The second kappa shape index (κ2) is 4.61. The van der Waals surface area contributed by atoms with Gasteiger partial charge in [0.05, 0.1) is 0 Å². The van der Waals surface area contributed by atoms with Crippen molar-refractivity contribution in [3.8, 4) is 0 Å². The van der Waals surface area contributed by atoms with Crippen molar-refractivity contribution in [2.24, 2.45) is 0 Å². The molecule has 2 unspecified atom stereocenters. The van der Waals surface area contributed by atoms with Gasteiger partial charge in [-0.25, -0.2) is 0 Å². The van der Waals surface area contributed by atoms with Gasteiger partial charge in [0.2, 0.25) is 5.91 Å². The zero-order chi connectivity index (χ0) is 9.84. The molecule has 0 heterocycles. The van der Waals surface area contributed by atoms with E-state index >= 15 is 0 Å². The second-order valence-corrected chi connectivity index (χ2v) is 4.23. The zero-order valence-electron chi connectivity index (χ0n) is 8.76. The lowest BCUT2D eigenvalue weighted by atomic mass is 10.2. The summed E-state index contributed by atoms with van der Waals surface area (Å²) in [4.78, 5) is 10.8. The normalized spacial score (nSPS) is 28.0. The van der Waals surface area contributed by atoms with Crippen LogP contribution in [0.25, 0.3) is 0 Å². The molecule has 1 fully saturated rings. The predicted octanol–water partition coefficient (Wildman–Crippen LogP) is 1.04. The van der Waals surface area contributed by atoms with Crippen LogP contribution in [0.2, 0.25) is 0 Å². The van der Waals surface area contributed by atoms with Crippen LogP contribution in [0.1, 0.15) is 40.0 Å². The highest BCUT2D eigenvalue weighted by Gasteiger charge is 2.24. The average Bonchev–Trinajstić information content (AvgIpc) is 2.33. The van der Waals surface area contributed by atoms with E-state index in [9.17, 15) is 4.79 Å². The van der Waals surface area contributed by atoms with E-state index < -0.39 is 0 Å². The van der Waals surface area contributed by atoms with Crippen molar-refractivity contribution in [1.29, 1.82) is 0 Å². The molecule has 3 heteroatoms. The van der Waals surface area contributed by atoms with Crippen molar-refractivity contribution in [3.05, 3.63) is 0 Å². The van der Waals surface area contributed by atoms with E-state index in [1.165, 1.54) is 6.42 Å². The van der Waals surface area contributed by atoms with E-state index in [1.807, 2.05) is 0 Å². The fourth-order valence-electron chi connectivity index (χ4n) is 2.02. The SMILES string of the molecule is CC(=O)NC1CCC(NC(C)C)C1. The highest BCUT2D eigenvalue weighted by Crippen LogP contribution is 2.19. The van der Waals surface area contributed by atoms with E-state index in [2.05, 4.69) is 24.5 Å². The van der Waals surface area contributed by atoms with E-state index in [-0.39, 0.29) is 5.91 Å². The monoisotopic (exact) mass is 184 g/mol. The lowest BCUT2D eigenvalue weighted by Crippen LogP contribution is -2.36. The molecule has 1 aliphatic rings. The van der Waals surface area contributed by atoms with Crippen molar-refractivity contribution in [3.63, 3.8) is 0 Å². The van der Waals surface area contributed by atoms with Crippen LogP contribution >= 0.6 is 0 Å². The van der Waals surface area contributed by atoms with Crippen LogP contribution < -0.4 is 10.6 Å². The number of rotatable bonds is 3. The Balaban J connectivity index is 2.24. The van der Waals surface area contributed by atoms with Crippen LogP contribution in [-0.2, 0) is 4.79 Å². The molecular formula is C10H20N2O. The molecular weight excluding hydrogens is 164 g/mol. The predicted molar refractivity (Wildman–Crippen MR) is 53.5 cm³/mol. The van der Waals surface area contributed by atoms with Crippen molar-refractivity contribution in [2.75, 3.05) is 0 Å². The van der Waals surface area contributed by atoms with Crippen molar-refractivity contribution in [2.45, 2.75) is 58.2 Å². The van der Waals surface area contributed by atoms with Gasteiger partial charge in [0.1, 0.15) is 0 Å². The number of hydrogen-bond donors (Lipinski definition) is 2. The average molecular weight is 184 g/mol. The van der Waals surface area contributed by atoms with Crippen LogP contribution in [0, 0.1) is 0 Å². The second-order valence-electron chi connectivity index (χ2n) is 4.23. The summed E-state index contributed by atoms with van der Waals surface area (Å²) in [5.41, 5.74) is 0. The Labute approximate surface area is 80.3 Å². The summed E-state index contributed by atoms with van der Waals surface area (Å²) in [7, 11) is 0. The minimum absolute atomic E-state index is 0.0928. The summed E-state index contributed by atoms with van der Waals surface area (Å²) in [5, 5.41) is 6.46. The first kappa shape index (κ1) is 10.5. The van der Waals surface area contributed by atoms with Crippen molar-refractivity contribution >= 4 is 5.91 Å². The number of amides is 1. The molecule has 1 amide bonds. The van der Waals surface area contributed by atoms with Gasteiger partial charge in [-0.1, -0.05) is 13.8 Å². The fourth-order valence-corrected chi connectivity index (χ4v) is 2.02. The summed E-state index contributed by atoms with van der Waals surface area (Å²) < 4.78 is 0. The van der Waals surface area contributed by atoms with Gasteiger partial charge in [0.25, 0.3) is 0 Å². The molecule has 2 atom stereocenters. The molecule has 1 saturated carbocycles. The maximum atomic E-state index is 10.8. The summed E-state index contributed by atoms with van der Waals surface area (Å²) >= 11 is 0. The summed E-state index contributed by atoms with van der Waals surface area (Å²) in [6.07, 6.45) is 3.38. The number of hydrogen-bond acceptors (Lipinski definition) is 2. The molecule has 0 spiro atoms. The van der Waals surface area contributed by atoms with Crippen LogP contribution in [0.15, 0.2) is 0 Å². The van der Waals surface area contributed by atoms with Gasteiger partial charge in [-0.2, -0.15) is 0 Å². The topological polar surface area (TPSA) is 41.1 Å². The third-order valence-electron chi connectivity index (χ3n) is 2.41. The minimum Gasteiger partial charge on any atom is -0.354 e. The molecule has 0 aromatic heterocycles. The van der Waals surface area contributed by atoms with Crippen LogP contribution in [0.3, 0.4) is 0 Å². The van der Waals surface area contributed by atoms with Gasteiger partial charge in [-0.3, -0.25) is 4.79 Å². The Hall–Kier alpha value is -0.570. The van der Waals surface area contributed by atoms with E-state index in [4.69, 9.17) is 0 Å². The molecule has 0 aliphatic heterocycles. The molecule has 1 aliphatic carbocycles. The lowest BCUT2D eigenvalue weighted by molar-refractivity contribution is -0.119. The Morgan fingerprint density at radius 1 is 1.31 bits per heavy atom. The molecule has 0 aromatic carbocycles. The lowest BCUT2D eigenvalue weighted by Gasteiger charge is -2.16. The largest absolute Gasteiger partial charge is 0.354 e. The summed E-state index contributed by atoms with van der Waals surface area (Å²) in [6.45, 7) is 5.90. The smallest absolute Gasteiger partial charge is 0.217 e. The maximum Gasteiger partial charge on any atom is 0.217 e. The van der Waals surface area contributed by atoms with Gasteiger partial charge in [0.15, 0.2) is 0 Å². The molecule has 2 N–H and O–H groups in total. The molecule has 0 bridgehead atoms. The Kier molecular flexibility index (Phi) is 3.72. The minimum atomic E-state index is 0.0928. The van der Waals surface area contributed by atoms with Crippen LogP contribution in [0.4, 0.5) is 0 Å². The molecule has 0 saturated heterocycles. The van der Waals surface area contributed by atoms with Crippen molar-refractivity contribution < 1.29 is 4.79 Å². The highest BCUT2D eigenvalue weighted by atomic mass is 16.1. The van der Waals surface area contributed by atoms with Gasteiger partial charge < -0.3 is 10.6 Å². The van der Waals surface area contributed by atoms with Gasteiger partial charge >= 0.3 is 0 Å². The van der Waals surface area contributed by atoms with Crippen LogP contribution in [0.5, 0.6) is 0 Å². The molecule has 3 nitrogen and oxygen atoms in total. The summed E-state index contributed by atoms with van der Waals surface area (Å²) in [5.74, 6) is 0.0928. The molecule has 76 valence electrons. The summed E-state index contributed by atoms with van der Waals surface area (Å²) in [6, 6.07) is 1.53. The van der Waals surface area contributed by atoms with E-state index in [0.29, 0.717) is 18.1 Å². The maximum absolute atomic E-state index is 10.8. The molecule has 1 rings (SSSR count). The Bertz CT molecular complexity index is 180. The highest BCUT2D eigenvalue weighted by molar-refractivity contribution is 5.73. The Morgan fingerprint density at radius 2 is 1.92 bits per heavy atom. The fraction of sp³-hybridized carbons (Fsp3) is 0.900. The van der Waals surface area contributed by atoms with E-state index in [0.717, 1.165) is 12.8 Å². The van der Waals surface area contributed by atoms with Gasteiger partial charge in [-0.05, 0) is 19.3 Å². The van der Waals surface area contributed by atoms with Crippen molar-refractivity contribution in [1.82, 2.24) is 10.6 Å². The third-order valence-corrected chi connectivity index (χ3v) is 2.41. The van der Waals surface area contributed by atoms with Gasteiger partial charge in [-0.15, -0.1) is 0 Å². The molecule has 13 heavy (non-hydrogen) atoms. The Morgan fingerprint density at radius 3 is 2.46 bits per heavy atom. The van der Waals surface area contributed by atoms with Crippen LogP contribution in [-0.4, -0.2) is 24.0 Å². The number of nitrogens with one attached hydrogen (secondary N) is 2. The standard InChI is InChI=1S/C10H20N2O/c1-7(2)11-9-4-5-10(6-9)12-8(3)13/h7,9-11H,4-6H2,1-3H3,(H,12,13). The van der Waals surface area contributed by atoms with Gasteiger partial charge in [0, 0.05) is 25.0 Å². The molecule has 0 radical (unpaired) electrons.